The summed E-state index contributed by atoms with van der Waals surface area (Å²) in [4.78, 5) is 19.9. The summed E-state index contributed by atoms with van der Waals surface area (Å²) in [5.74, 6) is -0.0171. The molecule has 0 atom stereocenters. The molecule has 0 aliphatic carbocycles. The van der Waals surface area contributed by atoms with Crippen LogP contribution in [0.25, 0.3) is 0 Å². The maximum absolute atomic E-state index is 12.5. The van der Waals surface area contributed by atoms with Crippen LogP contribution in [0.4, 0.5) is 0 Å². The molecule has 0 aromatic rings. The molecular weight excluding hydrogens is 639 g/mol. The third-order valence-electron chi connectivity index (χ3n) is 10.5. The van der Waals surface area contributed by atoms with Gasteiger partial charge >= 0.3 is 5.97 Å². The number of hydrogen-bond acceptors (Lipinski definition) is 5. The molecule has 5 nitrogen and oxygen atoms in total. The zero-order valence-corrected chi connectivity index (χ0v) is 35.0. The second-order valence-electron chi connectivity index (χ2n) is 15.5. The first kappa shape index (κ1) is 48.3. The van der Waals surface area contributed by atoms with Crippen molar-refractivity contribution in [1.29, 1.82) is 0 Å². The number of ether oxygens (including phenoxy) is 1. The van der Waals surface area contributed by atoms with Crippen LogP contribution in [0.5, 0.6) is 0 Å². The van der Waals surface area contributed by atoms with Gasteiger partial charge in [0.05, 0.1) is 0 Å². The lowest BCUT2D eigenvalue weighted by molar-refractivity contribution is -0.144. The Kier molecular flexibility index (Phi) is 36.3. The van der Waals surface area contributed by atoms with Crippen LogP contribution in [0.3, 0.4) is 0 Å². The highest BCUT2D eigenvalue weighted by molar-refractivity contribution is 5.69. The van der Waals surface area contributed by atoms with Gasteiger partial charge in [-0.25, -0.2) is 0 Å². The van der Waals surface area contributed by atoms with E-state index in [4.69, 9.17) is 4.74 Å². The van der Waals surface area contributed by atoms with Gasteiger partial charge in [-0.1, -0.05) is 140 Å². The lowest BCUT2D eigenvalue weighted by atomic mass is 10.1. The highest BCUT2D eigenvalue weighted by Gasteiger charge is 2.14. The van der Waals surface area contributed by atoms with Crippen LogP contribution in [0.2, 0.25) is 0 Å². The highest BCUT2D eigenvalue weighted by Crippen LogP contribution is 2.12. The predicted molar refractivity (Wildman–Crippen MR) is 229 cm³/mol. The number of likely N-dealkylation sites (N-methyl/N-ethyl adjacent to an activating group) is 1. The number of allylic oxidation sites excluding steroid dienone is 8. The Hall–Kier alpha value is -1.69. The first-order valence-corrected chi connectivity index (χ1v) is 22.5. The summed E-state index contributed by atoms with van der Waals surface area (Å²) in [7, 11) is 2.19. The number of esters is 1. The predicted octanol–water partition coefficient (Wildman–Crippen LogP) is 12.5. The lowest BCUT2D eigenvalue weighted by Crippen LogP contribution is -2.44. The van der Waals surface area contributed by atoms with Crippen LogP contribution in [-0.2, 0) is 9.53 Å². The van der Waals surface area contributed by atoms with Crippen molar-refractivity contribution in [3.63, 3.8) is 0 Å². The quantitative estimate of drug-likeness (QED) is 0.0362. The van der Waals surface area contributed by atoms with E-state index in [2.05, 4.69) is 84.2 Å². The molecule has 1 fully saturated rings. The van der Waals surface area contributed by atoms with Crippen molar-refractivity contribution in [2.45, 2.75) is 181 Å². The summed E-state index contributed by atoms with van der Waals surface area (Å²) in [6, 6.07) is 0. The molecule has 1 saturated heterocycles. The van der Waals surface area contributed by atoms with E-state index in [1.807, 2.05) is 0 Å². The zero-order chi connectivity index (χ0) is 37.4. The Balaban J connectivity index is 2.20. The van der Waals surface area contributed by atoms with E-state index in [1.165, 1.54) is 141 Å². The minimum Gasteiger partial charge on any atom is -0.464 e. The van der Waals surface area contributed by atoms with Gasteiger partial charge in [0.2, 0.25) is 0 Å². The number of unbranched alkanes of at least 4 members (excludes halogenated alkanes) is 18. The van der Waals surface area contributed by atoms with Gasteiger partial charge in [-0.3, -0.25) is 9.69 Å². The van der Waals surface area contributed by atoms with E-state index < -0.39 is 0 Å². The molecule has 0 amide bonds. The average Bonchev–Trinajstić information content (AvgIpc) is 3.15. The molecule has 1 aliphatic heterocycles. The van der Waals surface area contributed by atoms with E-state index in [1.54, 1.807) is 0 Å². The van der Waals surface area contributed by atoms with Crippen molar-refractivity contribution in [3.8, 4) is 0 Å². The van der Waals surface area contributed by atoms with Crippen molar-refractivity contribution in [2.24, 2.45) is 0 Å². The van der Waals surface area contributed by atoms with Crippen molar-refractivity contribution < 1.29 is 9.53 Å². The summed E-state index contributed by atoms with van der Waals surface area (Å²) in [5, 5.41) is 0. The fraction of sp³-hybridized carbons (Fsp3) is 0.809. The Bertz CT molecular complexity index is 826. The van der Waals surface area contributed by atoms with E-state index in [0.29, 0.717) is 13.0 Å². The average molecular weight is 726 g/mol. The van der Waals surface area contributed by atoms with Crippen LogP contribution in [0.15, 0.2) is 48.6 Å². The maximum Gasteiger partial charge on any atom is 0.305 e. The maximum atomic E-state index is 12.5. The molecule has 0 radical (unpaired) electrons. The van der Waals surface area contributed by atoms with Crippen LogP contribution in [0, 0.1) is 0 Å². The van der Waals surface area contributed by atoms with E-state index in [9.17, 15) is 4.79 Å². The molecule has 0 bridgehead atoms. The van der Waals surface area contributed by atoms with Crippen molar-refractivity contribution in [2.75, 3.05) is 66.0 Å². The van der Waals surface area contributed by atoms with Crippen molar-refractivity contribution in [1.82, 2.24) is 14.7 Å². The Morgan fingerprint density at radius 1 is 0.519 bits per heavy atom. The third-order valence-corrected chi connectivity index (χ3v) is 10.5. The van der Waals surface area contributed by atoms with Gasteiger partial charge in [0.25, 0.3) is 0 Å². The highest BCUT2D eigenvalue weighted by atomic mass is 16.5. The SMILES string of the molecule is CCCCC/C=C\C/C=C\CCCCCCCCN(CCCCCCCC/C=C\C/C=C\CCCCC)CCOC(=O)CCCN1CCN(C)CC1. The van der Waals surface area contributed by atoms with E-state index in [0.717, 1.165) is 71.6 Å². The molecule has 0 spiro atoms. The summed E-state index contributed by atoms with van der Waals surface area (Å²) >= 11 is 0. The van der Waals surface area contributed by atoms with Gasteiger partial charge in [-0.15, -0.1) is 0 Å². The fourth-order valence-electron chi connectivity index (χ4n) is 6.86. The molecule has 0 aromatic heterocycles. The minimum atomic E-state index is -0.0171. The molecule has 302 valence electrons. The smallest absolute Gasteiger partial charge is 0.305 e. The van der Waals surface area contributed by atoms with E-state index in [-0.39, 0.29) is 5.97 Å². The van der Waals surface area contributed by atoms with Crippen molar-refractivity contribution >= 4 is 5.97 Å². The first-order valence-electron chi connectivity index (χ1n) is 22.5. The van der Waals surface area contributed by atoms with Gasteiger partial charge in [0, 0.05) is 39.1 Å². The molecule has 1 rings (SSSR count). The molecule has 1 aliphatic rings. The van der Waals surface area contributed by atoms with Gasteiger partial charge in [0.15, 0.2) is 0 Å². The third kappa shape index (κ3) is 34.1. The first-order chi connectivity index (χ1) is 25.7. The number of hydrogen-bond donors (Lipinski definition) is 0. The summed E-state index contributed by atoms with van der Waals surface area (Å²) in [6.07, 6.45) is 51.2. The molecular formula is C47H87N3O2. The molecule has 0 N–H and O–H groups in total. The topological polar surface area (TPSA) is 36.0 Å². The Morgan fingerprint density at radius 2 is 0.942 bits per heavy atom. The van der Waals surface area contributed by atoms with Gasteiger partial charge in [-0.05, 0) is 110 Å². The minimum absolute atomic E-state index is 0.0171. The lowest BCUT2D eigenvalue weighted by Gasteiger charge is -2.32. The van der Waals surface area contributed by atoms with Gasteiger partial charge in [0.1, 0.15) is 6.61 Å². The summed E-state index contributed by atoms with van der Waals surface area (Å²) in [5.41, 5.74) is 0. The number of carbonyl (C=O) groups excluding carboxylic acids is 1. The number of piperazine rings is 1. The van der Waals surface area contributed by atoms with Crippen LogP contribution >= 0.6 is 0 Å². The van der Waals surface area contributed by atoms with Crippen LogP contribution < -0.4 is 0 Å². The standard InChI is InChI=1S/C47H87N3O2/c1-4-6-8-10-12-14-16-18-20-22-24-26-28-30-32-34-38-49(45-46-52-47(51)37-36-40-50-43-41-48(3)42-44-50)39-35-33-31-29-27-25-23-21-19-17-15-13-11-9-7-5-2/h12-15,18-21H,4-11,16-17,22-46H2,1-3H3/b14-12-,15-13-,20-18-,21-19-. The summed E-state index contributed by atoms with van der Waals surface area (Å²) in [6.45, 7) is 13.7. The number of carbonyl (C=O) groups is 1. The Labute approximate surface area is 324 Å². The van der Waals surface area contributed by atoms with Crippen LogP contribution in [-0.4, -0.2) is 86.7 Å². The zero-order valence-electron chi connectivity index (χ0n) is 35.0. The molecule has 0 unspecified atom stereocenters. The fourth-order valence-corrected chi connectivity index (χ4v) is 6.86. The Morgan fingerprint density at radius 3 is 1.40 bits per heavy atom. The van der Waals surface area contributed by atoms with Gasteiger partial charge in [-0.2, -0.15) is 0 Å². The monoisotopic (exact) mass is 726 g/mol. The number of nitrogens with zero attached hydrogens (tertiary/aromatic N) is 3. The molecule has 0 saturated carbocycles. The second-order valence-corrected chi connectivity index (χ2v) is 15.5. The largest absolute Gasteiger partial charge is 0.464 e. The molecule has 52 heavy (non-hydrogen) atoms. The number of rotatable bonds is 37. The second kappa shape index (κ2) is 39.0. The molecule has 5 heteroatoms. The molecule has 1 heterocycles. The normalized spacial score (nSPS) is 14.8. The summed E-state index contributed by atoms with van der Waals surface area (Å²) < 4.78 is 5.72. The van der Waals surface area contributed by atoms with E-state index >= 15 is 0 Å². The van der Waals surface area contributed by atoms with Crippen LogP contribution in [0.1, 0.15) is 181 Å². The van der Waals surface area contributed by atoms with Crippen molar-refractivity contribution in [3.05, 3.63) is 48.6 Å². The van der Waals surface area contributed by atoms with Gasteiger partial charge < -0.3 is 14.5 Å². The molecule has 0 aromatic carbocycles.